The third-order valence-corrected chi connectivity index (χ3v) is 7.99. The van der Waals surface area contributed by atoms with Crippen LogP contribution in [0.1, 0.15) is 35.3 Å². The third-order valence-electron chi connectivity index (χ3n) is 6.54. The van der Waals surface area contributed by atoms with Crippen LogP contribution in [0.3, 0.4) is 0 Å². The molecule has 0 amide bonds. The average molecular weight is 492 g/mol. The van der Waals surface area contributed by atoms with Crippen molar-refractivity contribution >= 4 is 26.8 Å². The second kappa shape index (κ2) is 9.30. The number of hydrogen-bond acceptors (Lipinski definition) is 5. The molecule has 0 spiro atoms. The highest BCUT2D eigenvalue weighted by Crippen LogP contribution is 2.48. The molecule has 1 saturated heterocycles. The largest absolute Gasteiger partial charge is 0.480 e. The van der Waals surface area contributed by atoms with Gasteiger partial charge < -0.3 is 14.3 Å². The van der Waals surface area contributed by atoms with Gasteiger partial charge in [-0.25, -0.2) is 8.42 Å². The van der Waals surface area contributed by atoms with Crippen molar-refractivity contribution in [3.05, 3.63) is 102 Å². The number of rotatable bonds is 7. The monoisotopic (exact) mass is 491 g/mol. The number of aliphatic carboxylic acids is 1. The minimum absolute atomic E-state index is 0.0127. The Morgan fingerprint density at radius 2 is 1.77 bits per heavy atom. The molecule has 1 aromatic heterocycles. The van der Waals surface area contributed by atoms with E-state index in [4.69, 9.17) is 9.15 Å². The van der Waals surface area contributed by atoms with E-state index >= 15 is 0 Å². The lowest BCUT2D eigenvalue weighted by Gasteiger charge is -2.24. The number of benzene rings is 3. The van der Waals surface area contributed by atoms with Crippen LogP contribution in [0.15, 0.2) is 94.6 Å². The fourth-order valence-electron chi connectivity index (χ4n) is 4.78. The van der Waals surface area contributed by atoms with E-state index in [1.807, 2.05) is 49.4 Å². The smallest absolute Gasteiger partial charge is 0.322 e. The number of carbonyl (C=O) groups is 1. The topological polar surface area (TPSA) is 106 Å². The predicted molar refractivity (Wildman–Crippen MR) is 130 cm³/mol. The van der Waals surface area contributed by atoms with Crippen LogP contribution < -0.4 is 4.72 Å². The summed E-state index contributed by atoms with van der Waals surface area (Å²) in [5, 5.41) is 12.2. The van der Waals surface area contributed by atoms with E-state index < -0.39 is 40.2 Å². The van der Waals surface area contributed by atoms with Crippen molar-refractivity contribution in [1.82, 2.24) is 4.72 Å². The van der Waals surface area contributed by atoms with Crippen molar-refractivity contribution in [3.8, 4) is 0 Å². The van der Waals surface area contributed by atoms with Crippen molar-refractivity contribution in [2.75, 3.05) is 0 Å². The van der Waals surface area contributed by atoms with Gasteiger partial charge in [0.1, 0.15) is 6.04 Å². The quantitative estimate of drug-likeness (QED) is 0.377. The fraction of sp³-hybridized carbons (Fsp3) is 0.222. The number of furan rings is 1. The second-order valence-corrected chi connectivity index (χ2v) is 10.5. The van der Waals surface area contributed by atoms with Crippen LogP contribution in [0, 0.1) is 12.8 Å². The molecule has 1 fully saturated rings. The van der Waals surface area contributed by atoms with Crippen molar-refractivity contribution < 1.29 is 27.5 Å². The number of sulfonamides is 1. The van der Waals surface area contributed by atoms with Gasteiger partial charge in [0.15, 0.2) is 0 Å². The summed E-state index contributed by atoms with van der Waals surface area (Å²) in [6.07, 6.45) is 2.23. The van der Waals surface area contributed by atoms with Gasteiger partial charge in [-0.1, -0.05) is 60.2 Å². The van der Waals surface area contributed by atoms with Gasteiger partial charge in [0.2, 0.25) is 10.0 Å². The molecular weight excluding hydrogens is 466 g/mol. The molecular formula is C27H25NO6S. The highest BCUT2D eigenvalue weighted by molar-refractivity contribution is 7.89. The zero-order valence-electron chi connectivity index (χ0n) is 19.0. The molecule has 7 nitrogen and oxygen atoms in total. The van der Waals surface area contributed by atoms with Crippen molar-refractivity contribution in [2.24, 2.45) is 5.92 Å². The molecule has 0 saturated carbocycles. The summed E-state index contributed by atoms with van der Waals surface area (Å²) in [5.41, 5.74) is 2.50. The van der Waals surface area contributed by atoms with Crippen molar-refractivity contribution in [2.45, 2.75) is 36.5 Å². The summed E-state index contributed by atoms with van der Waals surface area (Å²) in [6, 6.07) is 20.4. The number of carboxylic acids is 1. The molecule has 4 atom stereocenters. The summed E-state index contributed by atoms with van der Waals surface area (Å²) >= 11 is 0. The first-order chi connectivity index (χ1) is 16.8. The van der Waals surface area contributed by atoms with E-state index in [1.54, 1.807) is 18.2 Å². The lowest BCUT2D eigenvalue weighted by molar-refractivity contribution is -0.141. The minimum atomic E-state index is -4.08. The van der Waals surface area contributed by atoms with Gasteiger partial charge >= 0.3 is 5.97 Å². The molecule has 35 heavy (non-hydrogen) atoms. The van der Waals surface area contributed by atoms with E-state index in [0.29, 0.717) is 12.0 Å². The van der Waals surface area contributed by atoms with Gasteiger partial charge in [0.25, 0.3) is 0 Å². The number of ether oxygens (including phenoxy) is 1. The highest BCUT2D eigenvalue weighted by Gasteiger charge is 2.46. The molecule has 1 aliphatic heterocycles. The van der Waals surface area contributed by atoms with Crippen LogP contribution in [0.4, 0.5) is 0 Å². The van der Waals surface area contributed by atoms with Crippen LogP contribution in [0.25, 0.3) is 10.8 Å². The maximum atomic E-state index is 13.1. The molecule has 2 N–H and O–H groups in total. The number of hydrogen-bond donors (Lipinski definition) is 2. The first kappa shape index (κ1) is 23.3. The molecule has 5 rings (SSSR count). The molecule has 0 radical (unpaired) electrons. The summed E-state index contributed by atoms with van der Waals surface area (Å²) in [6.45, 7) is 1.85. The summed E-state index contributed by atoms with van der Waals surface area (Å²) in [4.78, 5) is 12.4. The SMILES string of the molecule is Cc1ccc(S(=O)(=O)NC(C(=O)O)[C@H]2CC(c3cccc4ccccc34)O[C@@H]2c2ccoc2)cc1. The van der Waals surface area contributed by atoms with Crippen molar-refractivity contribution in [1.29, 1.82) is 0 Å². The Morgan fingerprint density at radius 1 is 1.03 bits per heavy atom. The van der Waals surface area contributed by atoms with Crippen molar-refractivity contribution in [3.63, 3.8) is 0 Å². The first-order valence-corrected chi connectivity index (χ1v) is 12.8. The fourth-order valence-corrected chi connectivity index (χ4v) is 6.02. The number of nitrogens with one attached hydrogen (secondary N) is 1. The van der Waals surface area contributed by atoms with E-state index in [1.165, 1.54) is 24.7 Å². The Labute approximate surface area is 203 Å². The molecule has 180 valence electrons. The highest BCUT2D eigenvalue weighted by atomic mass is 32.2. The summed E-state index contributed by atoms with van der Waals surface area (Å²) in [7, 11) is -4.08. The van der Waals surface area contributed by atoms with Gasteiger partial charge in [0.05, 0.1) is 29.6 Å². The summed E-state index contributed by atoms with van der Waals surface area (Å²) < 4.78 is 40.3. The van der Waals surface area contributed by atoms with E-state index in [-0.39, 0.29) is 4.90 Å². The molecule has 2 heterocycles. The lowest BCUT2D eigenvalue weighted by atomic mass is 9.87. The Hall–Kier alpha value is -3.46. The van der Waals surface area contributed by atoms with Gasteiger partial charge in [-0.15, -0.1) is 0 Å². The van der Waals surface area contributed by atoms with Gasteiger partial charge in [-0.2, -0.15) is 4.72 Å². The Bertz CT molecular complexity index is 1440. The molecule has 0 bridgehead atoms. The zero-order chi connectivity index (χ0) is 24.6. The van der Waals surface area contributed by atoms with Gasteiger partial charge in [-0.3, -0.25) is 4.79 Å². The Balaban J connectivity index is 1.52. The number of carboxylic acid groups (broad SMARTS) is 1. The van der Waals surface area contributed by atoms with E-state index in [9.17, 15) is 18.3 Å². The maximum Gasteiger partial charge on any atom is 0.322 e. The molecule has 8 heteroatoms. The van der Waals surface area contributed by atoms with Gasteiger partial charge in [-0.05, 0) is 47.9 Å². The van der Waals surface area contributed by atoms with Crippen LogP contribution in [0.5, 0.6) is 0 Å². The van der Waals surface area contributed by atoms with Crippen LogP contribution in [-0.4, -0.2) is 25.5 Å². The maximum absolute atomic E-state index is 13.1. The Kier molecular flexibility index (Phi) is 6.19. The standard InChI is InChI=1S/C27H25NO6S/c1-17-9-11-20(12-10-17)35(31,32)28-25(27(29)30)23-15-24(34-26(23)19-13-14-33-16-19)22-8-4-6-18-5-2-3-7-21(18)22/h2-14,16,23-26,28H,15H2,1H3,(H,29,30)/t23-,24?,25?,26-/m1/s1. The second-order valence-electron chi connectivity index (χ2n) is 8.82. The number of fused-ring (bicyclic) bond motifs is 1. The normalized spacial score (nSPS) is 21.2. The molecule has 4 aromatic rings. The van der Waals surface area contributed by atoms with Crippen LogP contribution in [-0.2, 0) is 19.6 Å². The third kappa shape index (κ3) is 4.60. The van der Waals surface area contributed by atoms with Crippen LogP contribution in [0.2, 0.25) is 0 Å². The van der Waals surface area contributed by atoms with E-state index in [0.717, 1.165) is 21.9 Å². The Morgan fingerprint density at radius 3 is 2.49 bits per heavy atom. The van der Waals surface area contributed by atoms with Crippen LogP contribution >= 0.6 is 0 Å². The molecule has 0 aliphatic carbocycles. The predicted octanol–water partition coefficient (Wildman–Crippen LogP) is 4.99. The molecule has 1 aliphatic rings. The van der Waals surface area contributed by atoms with Gasteiger partial charge in [0, 0.05) is 11.5 Å². The average Bonchev–Trinajstić information content (AvgIpc) is 3.52. The summed E-state index contributed by atoms with van der Waals surface area (Å²) in [5.74, 6) is -1.93. The minimum Gasteiger partial charge on any atom is -0.480 e. The molecule has 3 aromatic carbocycles. The number of aryl methyl sites for hydroxylation is 1. The zero-order valence-corrected chi connectivity index (χ0v) is 19.8. The van der Waals surface area contributed by atoms with E-state index in [2.05, 4.69) is 4.72 Å². The first-order valence-electron chi connectivity index (χ1n) is 11.3. The lowest BCUT2D eigenvalue weighted by Crippen LogP contribution is -2.46. The molecule has 2 unspecified atom stereocenters.